The minimum Gasteiger partial charge on any atom is -0.504 e. The van der Waals surface area contributed by atoms with Crippen LogP contribution in [0.25, 0.3) is 5.57 Å². The van der Waals surface area contributed by atoms with E-state index in [4.69, 9.17) is 4.74 Å². The average Bonchev–Trinajstić information content (AvgIpc) is 3.57. The number of alkyl halides is 1. The second kappa shape index (κ2) is 7.76. The highest BCUT2D eigenvalue weighted by Gasteiger charge is 2.53. The molecular weight excluding hydrogens is 397 g/mol. The van der Waals surface area contributed by atoms with Crippen LogP contribution in [0.5, 0.6) is 11.5 Å². The van der Waals surface area contributed by atoms with E-state index in [0.29, 0.717) is 29.9 Å². The number of aryl methyl sites for hydroxylation is 1. The molecule has 4 rings (SSSR count). The van der Waals surface area contributed by atoms with E-state index in [1.807, 2.05) is 25.1 Å². The van der Waals surface area contributed by atoms with Gasteiger partial charge in [0.1, 0.15) is 11.9 Å². The summed E-state index contributed by atoms with van der Waals surface area (Å²) >= 11 is 0. The van der Waals surface area contributed by atoms with Gasteiger partial charge < -0.3 is 19.8 Å². The highest BCUT2D eigenvalue weighted by Crippen LogP contribution is 2.51. The van der Waals surface area contributed by atoms with Gasteiger partial charge >= 0.3 is 0 Å². The van der Waals surface area contributed by atoms with Crippen molar-refractivity contribution in [2.24, 2.45) is 0 Å². The summed E-state index contributed by atoms with van der Waals surface area (Å²) in [5.41, 5.74) is 3.29. The lowest BCUT2D eigenvalue weighted by molar-refractivity contribution is -0.120. The van der Waals surface area contributed by atoms with Gasteiger partial charge in [-0.2, -0.15) is 0 Å². The molecule has 1 amide bonds. The smallest absolute Gasteiger partial charge is 0.237 e. The van der Waals surface area contributed by atoms with E-state index in [1.165, 1.54) is 18.2 Å². The first kappa shape index (κ1) is 21.0. The fourth-order valence-electron chi connectivity index (χ4n) is 4.24. The van der Waals surface area contributed by atoms with Crippen LogP contribution in [0.3, 0.4) is 0 Å². The van der Waals surface area contributed by atoms with Crippen molar-refractivity contribution in [1.82, 2.24) is 0 Å². The Bertz CT molecular complexity index is 1100. The summed E-state index contributed by atoms with van der Waals surface area (Å²) in [6.07, 6.45) is 3.63. The van der Waals surface area contributed by atoms with Crippen molar-refractivity contribution >= 4 is 17.2 Å². The van der Waals surface area contributed by atoms with Crippen molar-refractivity contribution in [3.63, 3.8) is 0 Å². The Morgan fingerprint density at radius 1 is 1.16 bits per heavy atom. The van der Waals surface area contributed by atoms with E-state index in [0.717, 1.165) is 16.7 Å². The average molecular weight is 423 g/mol. The van der Waals surface area contributed by atoms with Gasteiger partial charge in [0.25, 0.3) is 0 Å². The summed E-state index contributed by atoms with van der Waals surface area (Å²) in [5.74, 6) is 0.0991. The van der Waals surface area contributed by atoms with Crippen LogP contribution in [0.2, 0.25) is 0 Å². The molecule has 2 aliphatic rings. The SMILES string of the molecule is COC1=C(c2cc(N(C)C(=O)C3(c4ccc(O)c(O)c4)CC3)ccc2C)CC(F)C=C1. The zero-order valence-electron chi connectivity index (χ0n) is 17.9. The monoisotopic (exact) mass is 423 g/mol. The highest BCUT2D eigenvalue weighted by molar-refractivity contribution is 6.03. The molecule has 1 saturated carbocycles. The molecule has 1 unspecified atom stereocenters. The zero-order valence-corrected chi connectivity index (χ0v) is 17.9. The molecule has 2 aliphatic carbocycles. The summed E-state index contributed by atoms with van der Waals surface area (Å²) in [7, 11) is 3.29. The number of likely N-dealkylation sites (N-methyl/N-ethyl adjacent to an activating group) is 1. The highest BCUT2D eigenvalue weighted by atomic mass is 19.1. The molecular formula is C25H26FNO4. The van der Waals surface area contributed by atoms with Crippen LogP contribution in [-0.4, -0.2) is 36.4 Å². The Labute approximate surface area is 181 Å². The number of allylic oxidation sites excluding steroid dienone is 3. The number of carbonyl (C=O) groups excluding carboxylic acids is 1. The molecule has 162 valence electrons. The number of phenolic OH excluding ortho intramolecular Hbond substituents is 2. The van der Waals surface area contributed by atoms with Gasteiger partial charge in [0.15, 0.2) is 11.5 Å². The molecule has 2 N–H and O–H groups in total. The first-order valence-electron chi connectivity index (χ1n) is 10.3. The molecule has 2 aromatic rings. The number of hydrogen-bond acceptors (Lipinski definition) is 4. The number of benzene rings is 2. The molecule has 5 nitrogen and oxygen atoms in total. The summed E-state index contributed by atoms with van der Waals surface area (Å²) < 4.78 is 19.5. The molecule has 2 aromatic carbocycles. The molecule has 6 heteroatoms. The summed E-state index contributed by atoms with van der Waals surface area (Å²) in [5, 5.41) is 19.5. The van der Waals surface area contributed by atoms with Gasteiger partial charge in [-0.3, -0.25) is 4.79 Å². The van der Waals surface area contributed by atoms with Crippen molar-refractivity contribution in [2.45, 2.75) is 37.8 Å². The molecule has 0 radical (unpaired) electrons. The number of halogens is 1. The van der Waals surface area contributed by atoms with Crippen LogP contribution in [-0.2, 0) is 14.9 Å². The maximum absolute atomic E-state index is 14.1. The lowest BCUT2D eigenvalue weighted by atomic mass is 9.91. The quantitative estimate of drug-likeness (QED) is 0.681. The summed E-state index contributed by atoms with van der Waals surface area (Å²) in [6.45, 7) is 1.95. The van der Waals surface area contributed by atoms with Gasteiger partial charge in [-0.15, -0.1) is 0 Å². The minimum atomic E-state index is -1.08. The van der Waals surface area contributed by atoms with Gasteiger partial charge in [-0.05, 0) is 72.9 Å². The number of aromatic hydroxyl groups is 2. The molecule has 0 saturated heterocycles. The normalized spacial score (nSPS) is 19.3. The largest absolute Gasteiger partial charge is 0.504 e. The Kier molecular flexibility index (Phi) is 5.25. The van der Waals surface area contributed by atoms with E-state index in [2.05, 4.69) is 0 Å². The van der Waals surface area contributed by atoms with Crippen molar-refractivity contribution in [2.75, 3.05) is 19.1 Å². The van der Waals surface area contributed by atoms with Crippen LogP contribution in [0, 0.1) is 6.92 Å². The number of rotatable bonds is 5. The van der Waals surface area contributed by atoms with Crippen LogP contribution in [0.4, 0.5) is 10.1 Å². The zero-order chi connectivity index (χ0) is 22.3. The predicted molar refractivity (Wildman–Crippen MR) is 118 cm³/mol. The van der Waals surface area contributed by atoms with E-state index >= 15 is 0 Å². The van der Waals surface area contributed by atoms with Crippen LogP contribution in [0.1, 0.15) is 36.0 Å². The van der Waals surface area contributed by atoms with E-state index < -0.39 is 11.6 Å². The number of nitrogens with zero attached hydrogens (tertiary/aromatic N) is 1. The number of hydrogen-bond donors (Lipinski definition) is 2. The van der Waals surface area contributed by atoms with Crippen molar-refractivity contribution in [1.29, 1.82) is 0 Å². The van der Waals surface area contributed by atoms with Crippen molar-refractivity contribution in [3.8, 4) is 11.5 Å². The first-order valence-corrected chi connectivity index (χ1v) is 10.3. The molecule has 1 atom stereocenters. The maximum Gasteiger partial charge on any atom is 0.237 e. The number of anilines is 1. The number of methoxy groups -OCH3 is 1. The topological polar surface area (TPSA) is 70.0 Å². The molecule has 0 aromatic heterocycles. The third-order valence-electron chi connectivity index (χ3n) is 6.30. The second-order valence-electron chi connectivity index (χ2n) is 8.28. The van der Waals surface area contributed by atoms with E-state index in [-0.39, 0.29) is 23.8 Å². The standard InChI is InChI=1S/C25H26FNO4/c1-15-4-7-18(14-19(15)20-13-17(26)6-9-23(20)31-3)27(2)24(30)25(10-11-25)16-5-8-21(28)22(29)12-16/h4-9,12,14,17,28-29H,10-11,13H2,1-3H3. The number of carbonyl (C=O) groups is 1. The van der Waals surface area contributed by atoms with Gasteiger partial charge in [0.05, 0.1) is 12.5 Å². The molecule has 1 fully saturated rings. The lowest BCUT2D eigenvalue weighted by Gasteiger charge is -2.26. The Hall–Kier alpha value is -3.28. The van der Waals surface area contributed by atoms with Crippen LogP contribution >= 0.6 is 0 Å². The fraction of sp³-hybridized carbons (Fsp3) is 0.320. The molecule has 0 bridgehead atoms. The summed E-state index contributed by atoms with van der Waals surface area (Å²) in [6, 6.07) is 10.2. The maximum atomic E-state index is 14.1. The van der Waals surface area contributed by atoms with Crippen LogP contribution < -0.4 is 4.90 Å². The second-order valence-corrected chi connectivity index (χ2v) is 8.28. The summed E-state index contributed by atoms with van der Waals surface area (Å²) in [4.78, 5) is 15.1. The molecule has 0 aliphatic heterocycles. The van der Waals surface area contributed by atoms with Crippen molar-refractivity contribution in [3.05, 3.63) is 71.0 Å². The molecule has 0 heterocycles. The van der Waals surface area contributed by atoms with E-state index in [1.54, 1.807) is 31.2 Å². The van der Waals surface area contributed by atoms with Crippen molar-refractivity contribution < 1.29 is 24.1 Å². The first-order chi connectivity index (χ1) is 14.8. The van der Waals surface area contributed by atoms with Gasteiger partial charge in [-0.25, -0.2) is 4.39 Å². The number of amides is 1. The van der Waals surface area contributed by atoms with Gasteiger partial charge in [-0.1, -0.05) is 12.1 Å². The van der Waals surface area contributed by atoms with Gasteiger partial charge in [0, 0.05) is 24.7 Å². The Morgan fingerprint density at radius 3 is 2.55 bits per heavy atom. The molecule has 31 heavy (non-hydrogen) atoms. The number of ether oxygens (including phenoxy) is 1. The van der Waals surface area contributed by atoms with Gasteiger partial charge in [0.2, 0.25) is 5.91 Å². The third kappa shape index (κ3) is 3.67. The van der Waals surface area contributed by atoms with E-state index in [9.17, 15) is 19.4 Å². The lowest BCUT2D eigenvalue weighted by Crippen LogP contribution is -2.36. The predicted octanol–water partition coefficient (Wildman–Crippen LogP) is 4.76. The Balaban J connectivity index is 1.68. The third-order valence-corrected chi connectivity index (χ3v) is 6.30. The Morgan fingerprint density at radius 2 is 1.90 bits per heavy atom. The number of phenols is 2. The van der Waals surface area contributed by atoms with Crippen LogP contribution in [0.15, 0.2) is 54.3 Å². The fourth-order valence-corrected chi connectivity index (χ4v) is 4.24. The minimum absolute atomic E-state index is 0.0831. The molecule has 0 spiro atoms.